The molecule has 2 heterocycles. The average Bonchev–Trinajstić information content (AvgIpc) is 2.90. The Hall–Kier alpha value is -2.57. The second-order valence-electron chi connectivity index (χ2n) is 8.74. The summed E-state index contributed by atoms with van der Waals surface area (Å²) >= 11 is 0. The fourth-order valence-electron chi connectivity index (χ4n) is 3.89. The van der Waals surface area contributed by atoms with E-state index in [4.69, 9.17) is 9.47 Å². The molecule has 2 fully saturated rings. The van der Waals surface area contributed by atoms with E-state index >= 15 is 0 Å². The highest BCUT2D eigenvalue weighted by molar-refractivity contribution is 6.00. The maximum Gasteiger partial charge on any atom is 0.410 e. The second kappa shape index (κ2) is 7.11. The minimum atomic E-state index is -0.545. The number of hydrogen-bond donors (Lipinski definition) is 0. The number of likely N-dealkylation sites (tertiary alicyclic amines) is 1. The molecule has 0 N–H and O–H groups in total. The molecule has 152 valence electrons. The zero-order valence-corrected chi connectivity index (χ0v) is 17.2. The highest BCUT2D eigenvalue weighted by atomic mass is 16.6. The van der Waals surface area contributed by atoms with Gasteiger partial charge in [-0.05, 0) is 51.5 Å². The van der Waals surface area contributed by atoms with Crippen molar-refractivity contribution < 1.29 is 23.9 Å². The number of amides is 2. The van der Waals surface area contributed by atoms with Crippen molar-refractivity contribution in [3.05, 3.63) is 29.8 Å². The van der Waals surface area contributed by atoms with Crippen molar-refractivity contribution in [3.63, 3.8) is 0 Å². The van der Waals surface area contributed by atoms with E-state index in [9.17, 15) is 14.4 Å². The van der Waals surface area contributed by atoms with Gasteiger partial charge < -0.3 is 19.3 Å². The predicted molar refractivity (Wildman–Crippen MR) is 104 cm³/mol. The molecule has 2 saturated heterocycles. The monoisotopic (exact) mass is 388 g/mol. The molecule has 0 radical (unpaired) electrons. The van der Waals surface area contributed by atoms with Gasteiger partial charge in [-0.2, -0.15) is 0 Å². The molecular formula is C21H28N2O5. The molecule has 0 spiro atoms. The number of hydrogen-bond acceptors (Lipinski definition) is 5. The zero-order valence-electron chi connectivity index (χ0n) is 17.2. The fourth-order valence-corrected chi connectivity index (χ4v) is 3.89. The number of nitrogens with zero attached hydrogens (tertiary/aromatic N) is 2. The molecule has 7 heteroatoms. The number of rotatable bonds is 2. The average molecular weight is 388 g/mol. The molecule has 0 bridgehead atoms. The van der Waals surface area contributed by atoms with Crippen molar-refractivity contribution in [1.82, 2.24) is 4.90 Å². The van der Waals surface area contributed by atoms with Crippen LogP contribution in [-0.4, -0.2) is 55.2 Å². The van der Waals surface area contributed by atoms with Gasteiger partial charge in [-0.15, -0.1) is 0 Å². The molecule has 28 heavy (non-hydrogen) atoms. The summed E-state index contributed by atoms with van der Waals surface area (Å²) in [5.41, 5.74) is 0.144. The minimum Gasteiger partial charge on any atom is -0.465 e. The summed E-state index contributed by atoms with van der Waals surface area (Å²) in [5.74, 6) is -0.318. The van der Waals surface area contributed by atoms with Crippen molar-refractivity contribution in [3.8, 4) is 0 Å². The van der Waals surface area contributed by atoms with Gasteiger partial charge in [-0.25, -0.2) is 9.59 Å². The summed E-state index contributed by atoms with van der Waals surface area (Å²) in [7, 11) is 1.34. The minimum absolute atomic E-state index is 0.0292. The fraction of sp³-hybridized carbons (Fsp3) is 0.571. The van der Waals surface area contributed by atoms with Gasteiger partial charge in [0.2, 0.25) is 5.91 Å². The summed E-state index contributed by atoms with van der Waals surface area (Å²) in [6.45, 7) is 9.05. The maximum atomic E-state index is 13.1. The number of anilines is 1. The summed E-state index contributed by atoms with van der Waals surface area (Å²) in [6, 6.07) is 6.84. The molecule has 7 nitrogen and oxygen atoms in total. The lowest BCUT2D eigenvalue weighted by Crippen LogP contribution is -2.50. The number of esters is 1. The Labute approximate surface area is 165 Å². The predicted octanol–water partition coefficient (Wildman–Crippen LogP) is 3.08. The van der Waals surface area contributed by atoms with Gasteiger partial charge in [0.15, 0.2) is 0 Å². The van der Waals surface area contributed by atoms with Gasteiger partial charge in [0, 0.05) is 31.2 Å². The Morgan fingerprint density at radius 1 is 1.14 bits per heavy atom. The third-order valence-corrected chi connectivity index (χ3v) is 5.63. The molecule has 3 rings (SSSR count). The van der Waals surface area contributed by atoms with Crippen LogP contribution in [0.15, 0.2) is 24.3 Å². The normalized spacial score (nSPS) is 24.8. The third-order valence-electron chi connectivity index (χ3n) is 5.63. The van der Waals surface area contributed by atoms with E-state index in [1.807, 2.05) is 27.7 Å². The van der Waals surface area contributed by atoms with Crippen LogP contribution in [0.4, 0.5) is 10.5 Å². The van der Waals surface area contributed by atoms with Crippen LogP contribution < -0.4 is 4.90 Å². The molecule has 0 aromatic heterocycles. The Morgan fingerprint density at radius 3 is 2.36 bits per heavy atom. The van der Waals surface area contributed by atoms with E-state index in [0.29, 0.717) is 31.6 Å². The third kappa shape index (κ3) is 3.70. The standard InChI is InChI=1S/C21H28N2O5/c1-20(2,3)28-19(26)22-11-10-21(4)15(12-22)13-23(18(21)25)16-8-6-14(7-9-16)17(24)27-5/h6-9,15H,10-13H2,1-5H3/t15-,21-/m0/s1. The van der Waals surface area contributed by atoms with Crippen LogP contribution in [0.25, 0.3) is 0 Å². The molecule has 2 aliphatic heterocycles. The van der Waals surface area contributed by atoms with E-state index in [0.717, 1.165) is 5.69 Å². The first-order valence-corrected chi connectivity index (χ1v) is 9.53. The summed E-state index contributed by atoms with van der Waals surface area (Å²) in [6.07, 6.45) is 0.273. The summed E-state index contributed by atoms with van der Waals surface area (Å²) < 4.78 is 10.2. The number of piperidine rings is 1. The number of methoxy groups -OCH3 is 1. The molecule has 0 aliphatic carbocycles. The van der Waals surface area contributed by atoms with Crippen molar-refractivity contribution in [1.29, 1.82) is 0 Å². The van der Waals surface area contributed by atoms with E-state index in [2.05, 4.69) is 0 Å². The highest BCUT2D eigenvalue weighted by Gasteiger charge is 2.54. The number of carbonyl (C=O) groups is 3. The van der Waals surface area contributed by atoms with Crippen LogP contribution >= 0.6 is 0 Å². The van der Waals surface area contributed by atoms with Crippen LogP contribution in [0.1, 0.15) is 44.5 Å². The summed E-state index contributed by atoms with van der Waals surface area (Å²) in [4.78, 5) is 40.6. The first kappa shape index (κ1) is 20.2. The van der Waals surface area contributed by atoms with E-state index < -0.39 is 17.0 Å². The number of ether oxygens (including phenoxy) is 2. The molecule has 0 saturated carbocycles. The van der Waals surface area contributed by atoms with Crippen molar-refractivity contribution in [2.24, 2.45) is 11.3 Å². The number of fused-ring (bicyclic) bond motifs is 1. The molecule has 2 amide bonds. The lowest BCUT2D eigenvalue weighted by molar-refractivity contribution is -0.128. The van der Waals surface area contributed by atoms with Crippen LogP contribution in [0.5, 0.6) is 0 Å². The van der Waals surface area contributed by atoms with Crippen molar-refractivity contribution in [2.75, 3.05) is 31.6 Å². The van der Waals surface area contributed by atoms with Crippen molar-refractivity contribution in [2.45, 2.75) is 39.7 Å². The highest BCUT2D eigenvalue weighted by Crippen LogP contribution is 2.45. The molecule has 1 aromatic rings. The van der Waals surface area contributed by atoms with Crippen LogP contribution in [0.2, 0.25) is 0 Å². The Balaban J connectivity index is 1.75. The van der Waals surface area contributed by atoms with E-state index in [1.165, 1.54) is 7.11 Å². The first-order chi connectivity index (χ1) is 13.0. The van der Waals surface area contributed by atoms with E-state index in [1.54, 1.807) is 34.1 Å². The topological polar surface area (TPSA) is 76.2 Å². The van der Waals surface area contributed by atoms with Crippen LogP contribution in [-0.2, 0) is 14.3 Å². The molecule has 0 unspecified atom stereocenters. The lowest BCUT2D eigenvalue weighted by Gasteiger charge is -2.40. The summed E-state index contributed by atoms with van der Waals surface area (Å²) in [5, 5.41) is 0. The molecular weight excluding hydrogens is 360 g/mol. The smallest absolute Gasteiger partial charge is 0.410 e. The van der Waals surface area contributed by atoms with Gasteiger partial charge >= 0.3 is 12.1 Å². The Bertz CT molecular complexity index is 783. The Morgan fingerprint density at radius 2 is 1.79 bits per heavy atom. The first-order valence-electron chi connectivity index (χ1n) is 9.53. The Kier molecular flexibility index (Phi) is 5.12. The SMILES string of the molecule is COC(=O)c1ccc(N2C[C@@H]3CN(C(=O)OC(C)(C)C)CC[C@]3(C)C2=O)cc1. The second-order valence-corrected chi connectivity index (χ2v) is 8.74. The van der Waals surface area contributed by atoms with Gasteiger partial charge in [0.1, 0.15) is 5.60 Å². The van der Waals surface area contributed by atoms with Gasteiger partial charge in [0.05, 0.1) is 18.1 Å². The molecule has 2 atom stereocenters. The van der Waals surface area contributed by atoms with Crippen LogP contribution in [0.3, 0.4) is 0 Å². The lowest BCUT2D eigenvalue weighted by atomic mass is 9.74. The quantitative estimate of drug-likeness (QED) is 0.728. The van der Waals surface area contributed by atoms with Crippen molar-refractivity contribution >= 4 is 23.7 Å². The van der Waals surface area contributed by atoms with Gasteiger partial charge in [-0.3, -0.25) is 4.79 Å². The molecule has 1 aromatic carbocycles. The zero-order chi connectivity index (χ0) is 20.7. The maximum absolute atomic E-state index is 13.1. The van der Waals surface area contributed by atoms with Gasteiger partial charge in [0.25, 0.3) is 0 Å². The number of carbonyl (C=O) groups excluding carboxylic acids is 3. The van der Waals surface area contributed by atoms with Crippen LogP contribution in [0, 0.1) is 11.3 Å². The number of benzene rings is 1. The van der Waals surface area contributed by atoms with Gasteiger partial charge in [-0.1, -0.05) is 6.92 Å². The largest absolute Gasteiger partial charge is 0.465 e. The van der Waals surface area contributed by atoms with E-state index in [-0.39, 0.29) is 17.9 Å². The molecule has 2 aliphatic rings.